The van der Waals surface area contributed by atoms with Gasteiger partial charge in [-0.05, 0) is 31.4 Å². The molecule has 6 heteroatoms. The Morgan fingerprint density at radius 3 is 3.05 bits per heavy atom. The average molecular weight is 275 g/mol. The van der Waals surface area contributed by atoms with E-state index < -0.39 is 0 Å². The standard InChI is InChI=1S/C14H21N5O/c1-10-3-4-13-16-14(17-19(13)9-10)18-6-5-12(20-2)7-11(18)8-15/h3-4,9,11-12H,5-8,15H2,1-2H3. The van der Waals surface area contributed by atoms with Gasteiger partial charge in [-0.1, -0.05) is 6.07 Å². The molecule has 1 saturated heterocycles. The summed E-state index contributed by atoms with van der Waals surface area (Å²) in [5, 5.41) is 4.58. The first kappa shape index (κ1) is 13.3. The van der Waals surface area contributed by atoms with Crippen LogP contribution in [0.4, 0.5) is 5.95 Å². The molecule has 1 fully saturated rings. The van der Waals surface area contributed by atoms with Gasteiger partial charge in [-0.3, -0.25) is 0 Å². The number of anilines is 1. The number of piperidine rings is 1. The first-order valence-corrected chi connectivity index (χ1v) is 7.04. The molecule has 0 amide bonds. The topological polar surface area (TPSA) is 68.7 Å². The second-order valence-electron chi connectivity index (χ2n) is 5.39. The maximum atomic E-state index is 5.91. The van der Waals surface area contributed by atoms with E-state index in [1.54, 1.807) is 7.11 Å². The van der Waals surface area contributed by atoms with Gasteiger partial charge in [-0.2, -0.15) is 4.98 Å². The van der Waals surface area contributed by atoms with Crippen molar-refractivity contribution in [2.45, 2.75) is 31.9 Å². The van der Waals surface area contributed by atoms with Gasteiger partial charge in [0.05, 0.1) is 6.10 Å². The predicted molar refractivity (Wildman–Crippen MR) is 77.9 cm³/mol. The Hall–Kier alpha value is -1.66. The van der Waals surface area contributed by atoms with E-state index in [2.05, 4.69) is 15.0 Å². The van der Waals surface area contributed by atoms with Crippen molar-refractivity contribution < 1.29 is 4.74 Å². The molecule has 3 heterocycles. The van der Waals surface area contributed by atoms with Crippen molar-refractivity contribution in [2.24, 2.45) is 5.73 Å². The summed E-state index contributed by atoms with van der Waals surface area (Å²) in [4.78, 5) is 6.81. The summed E-state index contributed by atoms with van der Waals surface area (Å²) >= 11 is 0. The molecule has 20 heavy (non-hydrogen) atoms. The zero-order chi connectivity index (χ0) is 14.1. The minimum absolute atomic E-state index is 0.243. The third-order valence-corrected chi connectivity index (χ3v) is 4.00. The van der Waals surface area contributed by atoms with Crippen LogP contribution in [-0.4, -0.2) is 46.9 Å². The molecule has 2 atom stereocenters. The largest absolute Gasteiger partial charge is 0.381 e. The zero-order valence-electron chi connectivity index (χ0n) is 12.0. The van der Waals surface area contributed by atoms with Gasteiger partial charge in [-0.15, -0.1) is 5.10 Å². The number of fused-ring (bicyclic) bond motifs is 1. The lowest BCUT2D eigenvalue weighted by Gasteiger charge is -2.37. The minimum atomic E-state index is 0.243. The summed E-state index contributed by atoms with van der Waals surface area (Å²) < 4.78 is 7.29. The smallest absolute Gasteiger partial charge is 0.245 e. The SMILES string of the molecule is COC1CCN(c2nc3ccc(C)cn3n2)C(CN)C1. The lowest BCUT2D eigenvalue weighted by Crippen LogP contribution is -2.49. The number of aromatic nitrogens is 3. The van der Waals surface area contributed by atoms with E-state index in [0.29, 0.717) is 12.6 Å². The Morgan fingerprint density at radius 2 is 2.30 bits per heavy atom. The molecule has 0 saturated carbocycles. The van der Waals surface area contributed by atoms with E-state index in [4.69, 9.17) is 10.5 Å². The van der Waals surface area contributed by atoms with E-state index in [0.717, 1.165) is 31.0 Å². The molecule has 2 aromatic rings. The van der Waals surface area contributed by atoms with Gasteiger partial charge in [-0.25, -0.2) is 4.52 Å². The number of nitrogens with zero attached hydrogens (tertiary/aromatic N) is 4. The molecular weight excluding hydrogens is 254 g/mol. The fraction of sp³-hybridized carbons (Fsp3) is 0.571. The highest BCUT2D eigenvalue weighted by atomic mass is 16.5. The molecular formula is C14H21N5O. The van der Waals surface area contributed by atoms with Crippen molar-refractivity contribution in [3.05, 3.63) is 23.9 Å². The summed E-state index contributed by atoms with van der Waals surface area (Å²) in [5.41, 5.74) is 7.95. The van der Waals surface area contributed by atoms with Gasteiger partial charge in [0.25, 0.3) is 0 Å². The monoisotopic (exact) mass is 275 g/mol. The van der Waals surface area contributed by atoms with E-state index in [9.17, 15) is 0 Å². The molecule has 0 spiro atoms. The van der Waals surface area contributed by atoms with E-state index >= 15 is 0 Å². The van der Waals surface area contributed by atoms with Crippen molar-refractivity contribution in [2.75, 3.05) is 25.1 Å². The average Bonchev–Trinajstić information content (AvgIpc) is 2.89. The van der Waals surface area contributed by atoms with Crippen molar-refractivity contribution in [1.29, 1.82) is 0 Å². The van der Waals surface area contributed by atoms with E-state index in [1.807, 2.05) is 29.8 Å². The maximum absolute atomic E-state index is 5.91. The lowest BCUT2D eigenvalue weighted by atomic mass is 10.00. The van der Waals surface area contributed by atoms with Crippen LogP contribution in [0.3, 0.4) is 0 Å². The van der Waals surface area contributed by atoms with Gasteiger partial charge in [0, 0.05) is 32.4 Å². The molecule has 0 bridgehead atoms. The predicted octanol–water partition coefficient (Wildman–Crippen LogP) is 0.980. The Kier molecular flexibility index (Phi) is 3.58. The molecule has 3 rings (SSSR count). The van der Waals surface area contributed by atoms with Gasteiger partial charge in [0.15, 0.2) is 5.65 Å². The summed E-state index contributed by atoms with van der Waals surface area (Å²) in [6.07, 6.45) is 4.20. The van der Waals surface area contributed by atoms with E-state index in [1.165, 1.54) is 5.56 Å². The number of aryl methyl sites for hydroxylation is 1. The fourth-order valence-electron chi connectivity index (χ4n) is 2.81. The Labute approximate surface area is 118 Å². The molecule has 2 N–H and O–H groups in total. The minimum Gasteiger partial charge on any atom is -0.381 e. The number of hydrogen-bond donors (Lipinski definition) is 1. The molecule has 0 aromatic carbocycles. The number of rotatable bonds is 3. The van der Waals surface area contributed by atoms with Crippen LogP contribution in [0, 0.1) is 6.92 Å². The van der Waals surface area contributed by atoms with Crippen LogP contribution >= 0.6 is 0 Å². The molecule has 2 unspecified atom stereocenters. The summed E-state index contributed by atoms with van der Waals surface area (Å²) in [6, 6.07) is 4.28. The molecule has 1 aliphatic rings. The van der Waals surface area contributed by atoms with Gasteiger partial charge in [0.1, 0.15) is 0 Å². The second kappa shape index (κ2) is 5.38. The van der Waals surface area contributed by atoms with Crippen LogP contribution < -0.4 is 10.6 Å². The van der Waals surface area contributed by atoms with Crippen LogP contribution in [0.2, 0.25) is 0 Å². The van der Waals surface area contributed by atoms with Crippen molar-refractivity contribution in [1.82, 2.24) is 14.6 Å². The Balaban J connectivity index is 1.89. The molecule has 6 nitrogen and oxygen atoms in total. The zero-order valence-corrected chi connectivity index (χ0v) is 12.0. The summed E-state index contributed by atoms with van der Waals surface area (Å²) in [5.74, 6) is 0.764. The fourth-order valence-corrected chi connectivity index (χ4v) is 2.81. The Bertz CT molecular complexity index is 596. The highest BCUT2D eigenvalue weighted by molar-refractivity contribution is 5.46. The molecule has 0 radical (unpaired) electrons. The number of ether oxygens (including phenoxy) is 1. The number of methoxy groups -OCH3 is 1. The van der Waals surface area contributed by atoms with E-state index in [-0.39, 0.29) is 6.04 Å². The van der Waals surface area contributed by atoms with Crippen LogP contribution in [0.5, 0.6) is 0 Å². The van der Waals surface area contributed by atoms with Gasteiger partial charge < -0.3 is 15.4 Å². The van der Waals surface area contributed by atoms with Gasteiger partial charge >= 0.3 is 0 Å². The van der Waals surface area contributed by atoms with Crippen LogP contribution in [0.1, 0.15) is 18.4 Å². The summed E-state index contributed by atoms with van der Waals surface area (Å²) in [7, 11) is 1.76. The number of hydrogen-bond acceptors (Lipinski definition) is 5. The Morgan fingerprint density at radius 1 is 1.45 bits per heavy atom. The summed E-state index contributed by atoms with van der Waals surface area (Å²) in [6.45, 7) is 3.53. The van der Waals surface area contributed by atoms with Crippen molar-refractivity contribution in [3.63, 3.8) is 0 Å². The highest BCUT2D eigenvalue weighted by Crippen LogP contribution is 2.23. The molecule has 0 aliphatic carbocycles. The first-order chi connectivity index (χ1) is 9.71. The van der Waals surface area contributed by atoms with Crippen molar-refractivity contribution in [3.8, 4) is 0 Å². The maximum Gasteiger partial charge on any atom is 0.245 e. The van der Waals surface area contributed by atoms with Crippen molar-refractivity contribution >= 4 is 11.6 Å². The van der Waals surface area contributed by atoms with Crippen LogP contribution in [0.25, 0.3) is 5.65 Å². The first-order valence-electron chi connectivity index (χ1n) is 7.04. The number of nitrogens with two attached hydrogens (primary N) is 1. The van der Waals surface area contributed by atoms with Gasteiger partial charge in [0.2, 0.25) is 5.95 Å². The normalized spacial score (nSPS) is 23.4. The number of pyridine rings is 1. The lowest BCUT2D eigenvalue weighted by molar-refractivity contribution is 0.0706. The third-order valence-electron chi connectivity index (χ3n) is 4.00. The quantitative estimate of drug-likeness (QED) is 0.904. The van der Waals surface area contributed by atoms with Crippen LogP contribution in [0.15, 0.2) is 18.3 Å². The third kappa shape index (κ3) is 2.36. The second-order valence-corrected chi connectivity index (χ2v) is 5.39. The molecule has 2 aromatic heterocycles. The molecule has 1 aliphatic heterocycles. The highest BCUT2D eigenvalue weighted by Gasteiger charge is 2.29. The molecule has 108 valence electrons. The van der Waals surface area contributed by atoms with Crippen LogP contribution in [-0.2, 0) is 4.74 Å².